The Kier molecular flexibility index (Phi) is 3.31. The van der Waals surface area contributed by atoms with Gasteiger partial charge in [0.1, 0.15) is 0 Å². The van der Waals surface area contributed by atoms with E-state index in [0.717, 1.165) is 6.08 Å². The SMILES string of the molecule is C=CC(=O)O[Si](C)(C)OC. The lowest BCUT2D eigenvalue weighted by atomic mass is 10.7. The van der Waals surface area contributed by atoms with Gasteiger partial charge in [-0.3, -0.25) is 0 Å². The third-order valence-electron chi connectivity index (χ3n) is 1.00. The van der Waals surface area contributed by atoms with Crippen LogP contribution in [0.1, 0.15) is 0 Å². The van der Waals surface area contributed by atoms with Crippen molar-refractivity contribution in [3.63, 3.8) is 0 Å². The minimum atomic E-state index is -2.18. The summed E-state index contributed by atoms with van der Waals surface area (Å²) in [4.78, 5) is 10.6. The molecule has 0 atom stereocenters. The van der Waals surface area contributed by atoms with Gasteiger partial charge in [-0.25, -0.2) is 4.79 Å². The lowest BCUT2D eigenvalue weighted by molar-refractivity contribution is -0.130. The minimum absolute atomic E-state index is 0.418. The maximum atomic E-state index is 10.6. The second kappa shape index (κ2) is 3.53. The van der Waals surface area contributed by atoms with E-state index in [4.69, 9.17) is 8.85 Å². The number of hydrogen-bond acceptors (Lipinski definition) is 3. The van der Waals surface area contributed by atoms with E-state index < -0.39 is 14.5 Å². The van der Waals surface area contributed by atoms with Crippen LogP contribution in [0.2, 0.25) is 13.1 Å². The number of rotatable bonds is 3. The van der Waals surface area contributed by atoms with Crippen molar-refractivity contribution in [1.82, 2.24) is 0 Å². The standard InChI is InChI=1S/C6H12O3Si/c1-5-6(7)9-10(3,4)8-2/h5H,1H2,2-4H3. The Bertz CT molecular complexity index is 142. The maximum Gasteiger partial charge on any atom is 0.395 e. The van der Waals surface area contributed by atoms with E-state index in [1.165, 1.54) is 7.11 Å². The minimum Gasteiger partial charge on any atom is -0.491 e. The van der Waals surface area contributed by atoms with Crippen molar-refractivity contribution in [2.75, 3.05) is 7.11 Å². The molecule has 0 aliphatic rings. The van der Waals surface area contributed by atoms with Crippen LogP contribution in [0, 0.1) is 0 Å². The summed E-state index contributed by atoms with van der Waals surface area (Å²) in [7, 11) is -0.652. The van der Waals surface area contributed by atoms with Gasteiger partial charge >= 0.3 is 14.5 Å². The molecule has 0 fully saturated rings. The molecular weight excluding hydrogens is 148 g/mol. The van der Waals surface area contributed by atoms with Crippen LogP contribution >= 0.6 is 0 Å². The summed E-state index contributed by atoms with van der Waals surface area (Å²) < 4.78 is 9.85. The molecule has 0 aromatic heterocycles. The van der Waals surface area contributed by atoms with Crippen molar-refractivity contribution in [2.45, 2.75) is 13.1 Å². The molecule has 0 saturated heterocycles. The van der Waals surface area contributed by atoms with Gasteiger partial charge in [0.25, 0.3) is 0 Å². The highest BCUT2D eigenvalue weighted by molar-refractivity contribution is 6.66. The number of hydrogen-bond donors (Lipinski definition) is 0. The Balaban J connectivity index is 3.87. The first kappa shape index (κ1) is 9.39. The van der Waals surface area contributed by atoms with Crippen molar-refractivity contribution < 1.29 is 13.6 Å². The van der Waals surface area contributed by atoms with Crippen LogP contribution in [-0.4, -0.2) is 21.6 Å². The molecule has 0 aliphatic carbocycles. The smallest absolute Gasteiger partial charge is 0.395 e. The molecule has 0 rings (SSSR count). The van der Waals surface area contributed by atoms with Crippen LogP contribution in [0.25, 0.3) is 0 Å². The van der Waals surface area contributed by atoms with Crippen LogP contribution in [0.4, 0.5) is 0 Å². The maximum absolute atomic E-state index is 10.6. The Labute approximate surface area is 61.9 Å². The monoisotopic (exact) mass is 160 g/mol. The van der Waals surface area contributed by atoms with E-state index in [-0.39, 0.29) is 0 Å². The lowest BCUT2D eigenvalue weighted by Gasteiger charge is -2.18. The average Bonchev–Trinajstić information content (AvgIpc) is 1.87. The Morgan fingerprint density at radius 2 is 2.10 bits per heavy atom. The molecule has 3 nitrogen and oxygen atoms in total. The summed E-state index contributed by atoms with van der Waals surface area (Å²) in [5.74, 6) is -0.418. The molecule has 58 valence electrons. The van der Waals surface area contributed by atoms with Gasteiger partial charge in [0.2, 0.25) is 0 Å². The van der Waals surface area contributed by atoms with Crippen molar-refractivity contribution in [3.05, 3.63) is 12.7 Å². The first-order valence-corrected chi connectivity index (χ1v) is 5.74. The summed E-state index contributed by atoms with van der Waals surface area (Å²) in [5.41, 5.74) is 0. The summed E-state index contributed by atoms with van der Waals surface area (Å²) in [6.45, 7) is 6.84. The summed E-state index contributed by atoms with van der Waals surface area (Å²) in [6.07, 6.45) is 1.13. The highest BCUT2D eigenvalue weighted by atomic mass is 28.4. The van der Waals surface area contributed by atoms with Crippen LogP contribution in [0.5, 0.6) is 0 Å². The van der Waals surface area contributed by atoms with Gasteiger partial charge < -0.3 is 8.85 Å². The van der Waals surface area contributed by atoms with E-state index in [2.05, 4.69) is 6.58 Å². The van der Waals surface area contributed by atoms with E-state index in [9.17, 15) is 4.79 Å². The van der Waals surface area contributed by atoms with Gasteiger partial charge in [0, 0.05) is 13.2 Å². The topological polar surface area (TPSA) is 35.5 Å². The van der Waals surface area contributed by atoms with Crippen molar-refractivity contribution >= 4 is 14.5 Å². The zero-order chi connectivity index (χ0) is 8.20. The average molecular weight is 160 g/mol. The molecule has 0 spiro atoms. The first-order valence-electron chi connectivity index (χ1n) is 2.92. The molecule has 4 heteroatoms. The Morgan fingerprint density at radius 3 is 2.40 bits per heavy atom. The lowest BCUT2D eigenvalue weighted by Crippen LogP contribution is -2.35. The molecule has 10 heavy (non-hydrogen) atoms. The third-order valence-corrected chi connectivity index (χ3v) is 2.68. The fourth-order valence-corrected chi connectivity index (χ4v) is 0.977. The van der Waals surface area contributed by atoms with Gasteiger partial charge in [0.15, 0.2) is 0 Å². The third kappa shape index (κ3) is 3.42. The van der Waals surface area contributed by atoms with Crippen molar-refractivity contribution in [3.8, 4) is 0 Å². The zero-order valence-electron chi connectivity index (χ0n) is 6.51. The Morgan fingerprint density at radius 1 is 1.60 bits per heavy atom. The second-order valence-electron chi connectivity index (χ2n) is 2.23. The molecule has 0 bridgehead atoms. The largest absolute Gasteiger partial charge is 0.491 e. The molecule has 0 heterocycles. The predicted octanol–water partition coefficient (Wildman–Crippen LogP) is 1.06. The van der Waals surface area contributed by atoms with Crippen molar-refractivity contribution in [2.24, 2.45) is 0 Å². The molecule has 0 aromatic carbocycles. The number of carbonyl (C=O) groups is 1. The first-order chi connectivity index (χ1) is 4.52. The highest BCUT2D eigenvalue weighted by Gasteiger charge is 2.26. The van der Waals surface area contributed by atoms with E-state index >= 15 is 0 Å². The summed E-state index contributed by atoms with van der Waals surface area (Å²) in [6, 6.07) is 0. The van der Waals surface area contributed by atoms with Gasteiger partial charge in [-0.15, -0.1) is 0 Å². The van der Waals surface area contributed by atoms with Crippen LogP contribution in [0.3, 0.4) is 0 Å². The fourth-order valence-electron chi connectivity index (χ4n) is 0.326. The predicted molar refractivity (Wildman–Crippen MR) is 40.8 cm³/mol. The highest BCUT2D eigenvalue weighted by Crippen LogP contribution is 2.04. The van der Waals surface area contributed by atoms with Crippen LogP contribution < -0.4 is 0 Å². The van der Waals surface area contributed by atoms with Gasteiger partial charge in [0.05, 0.1) is 0 Å². The van der Waals surface area contributed by atoms with Crippen molar-refractivity contribution in [1.29, 1.82) is 0 Å². The van der Waals surface area contributed by atoms with E-state index in [0.29, 0.717) is 0 Å². The van der Waals surface area contributed by atoms with E-state index in [1.54, 1.807) is 13.1 Å². The summed E-state index contributed by atoms with van der Waals surface area (Å²) >= 11 is 0. The van der Waals surface area contributed by atoms with Crippen LogP contribution in [-0.2, 0) is 13.6 Å². The molecule has 0 radical (unpaired) electrons. The molecule has 0 aromatic rings. The van der Waals surface area contributed by atoms with Crippen LogP contribution in [0.15, 0.2) is 12.7 Å². The van der Waals surface area contributed by atoms with Gasteiger partial charge in [-0.2, -0.15) is 0 Å². The quantitative estimate of drug-likeness (QED) is 0.457. The normalized spacial score (nSPS) is 10.7. The molecule has 0 saturated carbocycles. The molecule has 0 amide bonds. The Hall–Kier alpha value is -0.613. The fraction of sp³-hybridized carbons (Fsp3) is 0.500. The molecule has 0 aliphatic heterocycles. The van der Waals surface area contributed by atoms with Gasteiger partial charge in [-0.1, -0.05) is 6.58 Å². The zero-order valence-corrected chi connectivity index (χ0v) is 7.51. The molecule has 0 unspecified atom stereocenters. The molecular formula is C6H12O3Si. The van der Waals surface area contributed by atoms with Gasteiger partial charge in [-0.05, 0) is 13.1 Å². The number of carbonyl (C=O) groups excluding carboxylic acids is 1. The molecule has 0 N–H and O–H groups in total. The summed E-state index contributed by atoms with van der Waals surface area (Å²) in [5, 5.41) is 0. The van der Waals surface area contributed by atoms with E-state index in [1.807, 2.05) is 0 Å². The second-order valence-corrected chi connectivity index (χ2v) is 5.64.